The van der Waals surface area contributed by atoms with Crippen LogP contribution in [-0.4, -0.2) is 24.5 Å². The number of aromatic nitrogens is 1. The van der Waals surface area contributed by atoms with Gasteiger partial charge in [-0.1, -0.05) is 27.7 Å². The Bertz CT molecular complexity index is 413. The molecule has 0 aliphatic heterocycles. The summed E-state index contributed by atoms with van der Waals surface area (Å²) in [6.07, 6.45) is 3.28. The van der Waals surface area contributed by atoms with E-state index in [1.165, 1.54) is 0 Å². The van der Waals surface area contributed by atoms with E-state index in [2.05, 4.69) is 43.3 Å². The number of hydrogen-bond donors (Lipinski definition) is 2. The van der Waals surface area contributed by atoms with Crippen LogP contribution in [0.3, 0.4) is 0 Å². The lowest BCUT2D eigenvalue weighted by Crippen LogP contribution is -2.37. The van der Waals surface area contributed by atoms with Crippen molar-refractivity contribution in [2.24, 2.45) is 11.3 Å². The van der Waals surface area contributed by atoms with Crippen molar-refractivity contribution in [3.05, 3.63) is 24.0 Å². The van der Waals surface area contributed by atoms with Gasteiger partial charge in [0.25, 0.3) is 5.91 Å². The summed E-state index contributed by atoms with van der Waals surface area (Å²) in [5, 5.41) is 5.96. The molecule has 0 fully saturated rings. The Balaban J connectivity index is 2.72. The molecule has 0 atom stereocenters. The van der Waals surface area contributed by atoms with Gasteiger partial charge in [-0.2, -0.15) is 0 Å². The van der Waals surface area contributed by atoms with Gasteiger partial charge in [0.05, 0.1) is 17.4 Å². The van der Waals surface area contributed by atoms with E-state index in [0.29, 0.717) is 18.0 Å². The van der Waals surface area contributed by atoms with E-state index in [-0.39, 0.29) is 11.3 Å². The number of carbonyl (C=O) groups excluding carboxylic acids is 1. The van der Waals surface area contributed by atoms with E-state index in [1.54, 1.807) is 25.5 Å². The average molecular weight is 249 g/mol. The lowest BCUT2D eigenvalue weighted by molar-refractivity contribution is 0.0925. The van der Waals surface area contributed by atoms with Gasteiger partial charge >= 0.3 is 0 Å². The standard InChI is InChI=1S/C14H23N3O/c1-10(2)14(3,4)9-17-13(18)11-6-7-16-8-12(11)15-5/h6-8,10,15H,9H2,1-5H3,(H,17,18). The summed E-state index contributed by atoms with van der Waals surface area (Å²) in [6.45, 7) is 9.30. The minimum absolute atomic E-state index is 0.0597. The van der Waals surface area contributed by atoms with Crippen molar-refractivity contribution in [3.63, 3.8) is 0 Å². The van der Waals surface area contributed by atoms with Crippen molar-refractivity contribution in [2.75, 3.05) is 18.9 Å². The van der Waals surface area contributed by atoms with Crippen LogP contribution in [0.4, 0.5) is 5.69 Å². The molecule has 0 spiro atoms. The highest BCUT2D eigenvalue weighted by molar-refractivity contribution is 5.99. The van der Waals surface area contributed by atoms with Gasteiger partial charge in [0.2, 0.25) is 0 Å². The van der Waals surface area contributed by atoms with Gasteiger partial charge in [-0.25, -0.2) is 0 Å². The third kappa shape index (κ3) is 3.45. The summed E-state index contributed by atoms with van der Waals surface area (Å²) in [5.41, 5.74) is 1.46. The van der Waals surface area contributed by atoms with Crippen molar-refractivity contribution >= 4 is 11.6 Å². The fourth-order valence-corrected chi connectivity index (χ4v) is 1.40. The minimum atomic E-state index is -0.0597. The molecule has 0 unspecified atom stereocenters. The fourth-order valence-electron chi connectivity index (χ4n) is 1.40. The molecule has 0 bridgehead atoms. The Morgan fingerprint density at radius 2 is 2.11 bits per heavy atom. The van der Waals surface area contributed by atoms with Crippen LogP contribution in [-0.2, 0) is 0 Å². The first-order valence-corrected chi connectivity index (χ1v) is 6.28. The highest BCUT2D eigenvalue weighted by atomic mass is 16.1. The lowest BCUT2D eigenvalue weighted by atomic mass is 9.81. The molecule has 2 N–H and O–H groups in total. The van der Waals surface area contributed by atoms with E-state index in [9.17, 15) is 4.79 Å². The summed E-state index contributed by atoms with van der Waals surface area (Å²) in [6, 6.07) is 1.73. The number of nitrogens with zero attached hydrogens (tertiary/aromatic N) is 1. The molecule has 0 aromatic carbocycles. The van der Waals surface area contributed by atoms with Crippen LogP contribution in [0.15, 0.2) is 18.5 Å². The summed E-state index contributed by atoms with van der Waals surface area (Å²) in [5.74, 6) is 0.453. The normalized spacial score (nSPS) is 11.4. The largest absolute Gasteiger partial charge is 0.386 e. The molecule has 4 heteroatoms. The highest BCUT2D eigenvalue weighted by Gasteiger charge is 2.23. The molecule has 0 saturated carbocycles. The van der Waals surface area contributed by atoms with Crippen molar-refractivity contribution in [1.29, 1.82) is 0 Å². The molecule has 18 heavy (non-hydrogen) atoms. The van der Waals surface area contributed by atoms with E-state index >= 15 is 0 Å². The predicted octanol–water partition coefficient (Wildman–Crippen LogP) is 2.54. The minimum Gasteiger partial charge on any atom is -0.386 e. The maximum absolute atomic E-state index is 12.1. The van der Waals surface area contributed by atoms with Crippen LogP contribution in [0.25, 0.3) is 0 Å². The number of pyridine rings is 1. The van der Waals surface area contributed by atoms with E-state index in [0.717, 1.165) is 5.69 Å². The molecule has 1 aromatic rings. The van der Waals surface area contributed by atoms with Crippen molar-refractivity contribution < 1.29 is 4.79 Å². The van der Waals surface area contributed by atoms with E-state index in [1.807, 2.05) is 0 Å². The molecule has 4 nitrogen and oxygen atoms in total. The molecule has 0 radical (unpaired) electrons. The third-order valence-corrected chi connectivity index (χ3v) is 3.60. The Morgan fingerprint density at radius 3 is 2.67 bits per heavy atom. The molecule has 100 valence electrons. The maximum Gasteiger partial charge on any atom is 0.253 e. The van der Waals surface area contributed by atoms with E-state index in [4.69, 9.17) is 0 Å². The summed E-state index contributed by atoms with van der Waals surface area (Å²) < 4.78 is 0. The zero-order valence-corrected chi connectivity index (χ0v) is 11.9. The van der Waals surface area contributed by atoms with Crippen LogP contribution in [0.1, 0.15) is 38.1 Å². The number of nitrogens with one attached hydrogen (secondary N) is 2. The molecule has 1 aromatic heterocycles. The number of hydrogen-bond acceptors (Lipinski definition) is 3. The lowest BCUT2D eigenvalue weighted by Gasteiger charge is -2.29. The van der Waals surface area contributed by atoms with E-state index < -0.39 is 0 Å². The van der Waals surface area contributed by atoms with Gasteiger partial charge in [0.15, 0.2) is 0 Å². The molecule has 1 amide bonds. The van der Waals surface area contributed by atoms with Crippen LogP contribution >= 0.6 is 0 Å². The number of amides is 1. The number of carbonyl (C=O) groups is 1. The summed E-state index contributed by atoms with van der Waals surface area (Å²) in [7, 11) is 1.78. The predicted molar refractivity (Wildman–Crippen MR) is 74.7 cm³/mol. The van der Waals surface area contributed by atoms with Crippen molar-refractivity contribution in [3.8, 4) is 0 Å². The SMILES string of the molecule is CNc1cnccc1C(=O)NCC(C)(C)C(C)C. The Labute approximate surface area is 109 Å². The second-order valence-corrected chi connectivity index (χ2v) is 5.50. The van der Waals surface area contributed by atoms with Gasteiger partial charge in [-0.3, -0.25) is 9.78 Å². The molecule has 1 heterocycles. The Morgan fingerprint density at radius 1 is 1.44 bits per heavy atom. The van der Waals surface area contributed by atoms with Crippen LogP contribution in [0.5, 0.6) is 0 Å². The Kier molecular flexibility index (Phi) is 4.70. The van der Waals surface area contributed by atoms with Gasteiger partial charge in [-0.05, 0) is 17.4 Å². The molecule has 0 aliphatic carbocycles. The fraction of sp³-hybridized carbons (Fsp3) is 0.571. The second kappa shape index (κ2) is 5.85. The first kappa shape index (κ1) is 14.5. The quantitative estimate of drug-likeness (QED) is 0.843. The molecular weight excluding hydrogens is 226 g/mol. The molecule has 1 rings (SSSR count). The van der Waals surface area contributed by atoms with Crippen molar-refractivity contribution in [2.45, 2.75) is 27.7 Å². The number of anilines is 1. The summed E-state index contributed by atoms with van der Waals surface area (Å²) >= 11 is 0. The molecular formula is C14H23N3O. The summed E-state index contributed by atoms with van der Waals surface area (Å²) in [4.78, 5) is 16.1. The molecule has 0 aliphatic rings. The maximum atomic E-state index is 12.1. The topological polar surface area (TPSA) is 54.0 Å². The van der Waals surface area contributed by atoms with Gasteiger partial charge in [0, 0.05) is 19.8 Å². The third-order valence-electron chi connectivity index (χ3n) is 3.60. The van der Waals surface area contributed by atoms with Crippen LogP contribution in [0, 0.1) is 11.3 Å². The van der Waals surface area contributed by atoms with Gasteiger partial charge < -0.3 is 10.6 Å². The smallest absolute Gasteiger partial charge is 0.253 e. The monoisotopic (exact) mass is 249 g/mol. The molecule has 0 saturated heterocycles. The van der Waals surface area contributed by atoms with Crippen LogP contribution in [0.2, 0.25) is 0 Å². The van der Waals surface area contributed by atoms with Crippen molar-refractivity contribution in [1.82, 2.24) is 10.3 Å². The highest BCUT2D eigenvalue weighted by Crippen LogP contribution is 2.25. The Hall–Kier alpha value is -1.58. The first-order valence-electron chi connectivity index (χ1n) is 6.28. The first-order chi connectivity index (χ1) is 8.38. The zero-order valence-electron chi connectivity index (χ0n) is 11.9. The number of rotatable bonds is 5. The average Bonchev–Trinajstić information content (AvgIpc) is 2.35. The van der Waals surface area contributed by atoms with Gasteiger partial charge in [-0.15, -0.1) is 0 Å². The van der Waals surface area contributed by atoms with Gasteiger partial charge in [0.1, 0.15) is 0 Å². The zero-order chi connectivity index (χ0) is 13.8. The van der Waals surface area contributed by atoms with Crippen LogP contribution < -0.4 is 10.6 Å². The second-order valence-electron chi connectivity index (χ2n) is 5.50.